The van der Waals surface area contributed by atoms with Gasteiger partial charge in [-0.15, -0.1) is 0 Å². The van der Waals surface area contributed by atoms with E-state index in [1.807, 2.05) is 0 Å². The molecule has 3 aromatic rings. The maximum atomic E-state index is 14.0. The van der Waals surface area contributed by atoms with Crippen LogP contribution in [0.1, 0.15) is 11.4 Å². The predicted octanol–water partition coefficient (Wildman–Crippen LogP) is 4.38. The lowest BCUT2D eigenvalue weighted by atomic mass is 10.3. The minimum absolute atomic E-state index is 0.0497. The number of ether oxygens (including phenoxy) is 1. The third-order valence-electron chi connectivity index (χ3n) is 4.09. The summed E-state index contributed by atoms with van der Waals surface area (Å²) in [5, 5.41) is 17.4. The number of urea groups is 1. The van der Waals surface area contributed by atoms with Crippen molar-refractivity contribution in [1.29, 1.82) is 0 Å². The van der Waals surface area contributed by atoms with Crippen LogP contribution in [0.25, 0.3) is 5.69 Å². The Morgan fingerprint density at radius 2 is 1.97 bits per heavy atom. The molecule has 0 bridgehead atoms. The number of aromatic nitrogens is 2. The van der Waals surface area contributed by atoms with Gasteiger partial charge < -0.3 is 20.5 Å². The second-order valence-corrected chi connectivity index (χ2v) is 6.87. The lowest BCUT2D eigenvalue weighted by Crippen LogP contribution is -2.29. The first-order chi connectivity index (χ1) is 15.2. The molecule has 0 atom stereocenters. The summed E-state index contributed by atoms with van der Waals surface area (Å²) in [6.07, 6.45) is -4.68. The molecule has 0 unspecified atom stereocenters. The van der Waals surface area contributed by atoms with Gasteiger partial charge in [0.2, 0.25) is 0 Å². The molecule has 1 heterocycles. The number of nitrogens with zero attached hydrogens (tertiary/aromatic N) is 2. The Balaban J connectivity index is 1.72. The van der Waals surface area contributed by atoms with Gasteiger partial charge in [0.25, 0.3) is 0 Å². The topological polar surface area (TPSA) is 88.4 Å². The van der Waals surface area contributed by atoms with Gasteiger partial charge in [0.15, 0.2) is 17.3 Å². The summed E-state index contributed by atoms with van der Waals surface area (Å²) in [7, 11) is 0. The van der Waals surface area contributed by atoms with E-state index in [2.05, 4.69) is 15.7 Å². The molecule has 0 aliphatic heterocycles. The van der Waals surface area contributed by atoms with Gasteiger partial charge in [-0.3, -0.25) is 0 Å². The molecular weight excluding hydrogens is 456 g/mol. The molecule has 2 amide bonds. The minimum Gasteiger partial charge on any atom is -0.488 e. The van der Waals surface area contributed by atoms with Crippen molar-refractivity contribution in [2.45, 2.75) is 12.7 Å². The van der Waals surface area contributed by atoms with Crippen molar-refractivity contribution in [1.82, 2.24) is 15.1 Å². The summed E-state index contributed by atoms with van der Waals surface area (Å²) in [6.45, 7) is -0.685. The summed E-state index contributed by atoms with van der Waals surface area (Å²) in [5.41, 5.74) is -0.703. The smallest absolute Gasteiger partial charge is 0.435 e. The van der Waals surface area contributed by atoms with Gasteiger partial charge in [-0.05, 0) is 36.4 Å². The highest BCUT2D eigenvalue weighted by molar-refractivity contribution is 6.30. The van der Waals surface area contributed by atoms with Crippen molar-refractivity contribution in [3.63, 3.8) is 0 Å². The SMILES string of the molecule is O=C(NCc1cc(C(F)(F)F)nn1-c1cccc(Cl)c1)Nc1ccc(OCCO)c(F)c1. The standard InChI is InChI=1S/C20H17ClF4N4O3/c21-12-2-1-3-14(8-12)29-15(10-18(28-29)20(23,24)25)11-26-19(31)27-13-4-5-17(16(22)9-13)32-7-6-30/h1-5,8-10,30H,6-7,11H2,(H2,26,27,31). The lowest BCUT2D eigenvalue weighted by molar-refractivity contribution is -0.141. The second kappa shape index (κ2) is 9.88. The zero-order chi connectivity index (χ0) is 23.3. The van der Waals surface area contributed by atoms with Crippen LogP contribution in [0.2, 0.25) is 5.02 Å². The van der Waals surface area contributed by atoms with Crippen molar-refractivity contribution < 1.29 is 32.2 Å². The average molecular weight is 473 g/mol. The number of nitrogens with one attached hydrogen (secondary N) is 2. The number of halogens is 5. The lowest BCUT2D eigenvalue weighted by Gasteiger charge is -2.11. The van der Waals surface area contributed by atoms with Gasteiger partial charge in [-0.25, -0.2) is 13.9 Å². The fourth-order valence-electron chi connectivity index (χ4n) is 2.71. The van der Waals surface area contributed by atoms with E-state index in [-0.39, 0.29) is 42.6 Å². The Hall–Kier alpha value is -3.31. The van der Waals surface area contributed by atoms with Crippen molar-refractivity contribution in [2.24, 2.45) is 0 Å². The number of benzene rings is 2. The third-order valence-corrected chi connectivity index (χ3v) is 4.33. The van der Waals surface area contributed by atoms with Crippen LogP contribution in [-0.2, 0) is 12.7 Å². The predicted molar refractivity (Wildman–Crippen MR) is 108 cm³/mol. The van der Waals surface area contributed by atoms with E-state index >= 15 is 0 Å². The molecule has 0 saturated heterocycles. The van der Waals surface area contributed by atoms with Crippen LogP contribution < -0.4 is 15.4 Å². The van der Waals surface area contributed by atoms with Crippen LogP contribution in [0.4, 0.5) is 28.0 Å². The zero-order valence-corrected chi connectivity index (χ0v) is 17.0. The number of rotatable bonds is 7. The quantitative estimate of drug-likeness (QED) is 0.445. The molecule has 0 aliphatic carbocycles. The molecule has 170 valence electrons. The molecule has 3 N–H and O–H groups in total. The molecule has 0 fully saturated rings. The van der Waals surface area contributed by atoms with Crippen LogP contribution >= 0.6 is 11.6 Å². The fourth-order valence-corrected chi connectivity index (χ4v) is 2.90. The average Bonchev–Trinajstić information content (AvgIpc) is 3.17. The van der Waals surface area contributed by atoms with E-state index in [9.17, 15) is 22.4 Å². The van der Waals surface area contributed by atoms with Gasteiger partial charge in [0.05, 0.1) is 24.5 Å². The second-order valence-electron chi connectivity index (χ2n) is 6.44. The van der Waals surface area contributed by atoms with Crippen molar-refractivity contribution >= 4 is 23.3 Å². The third kappa shape index (κ3) is 5.89. The Bertz CT molecular complexity index is 1100. The Morgan fingerprint density at radius 1 is 1.19 bits per heavy atom. The summed E-state index contributed by atoms with van der Waals surface area (Å²) >= 11 is 5.92. The number of anilines is 1. The summed E-state index contributed by atoms with van der Waals surface area (Å²) < 4.78 is 59.4. The molecular formula is C20H17ClF4N4O3. The van der Waals surface area contributed by atoms with Gasteiger partial charge >= 0.3 is 12.2 Å². The van der Waals surface area contributed by atoms with Crippen LogP contribution in [0.5, 0.6) is 5.75 Å². The van der Waals surface area contributed by atoms with Crippen molar-refractivity contribution in [2.75, 3.05) is 18.5 Å². The van der Waals surface area contributed by atoms with Gasteiger partial charge in [0.1, 0.15) is 6.61 Å². The number of amides is 2. The summed E-state index contributed by atoms with van der Waals surface area (Å²) in [6, 6.07) is 9.74. The fraction of sp³-hybridized carbons (Fsp3) is 0.200. The number of carbonyl (C=O) groups is 1. The van der Waals surface area contributed by atoms with Gasteiger partial charge in [-0.1, -0.05) is 17.7 Å². The number of hydrogen-bond donors (Lipinski definition) is 3. The Kier molecular flexibility index (Phi) is 7.21. The monoisotopic (exact) mass is 472 g/mol. The van der Waals surface area contributed by atoms with Crippen molar-refractivity contribution in [3.05, 3.63) is 70.8 Å². The van der Waals surface area contributed by atoms with E-state index in [0.717, 1.165) is 16.8 Å². The first-order valence-corrected chi connectivity index (χ1v) is 9.55. The highest BCUT2D eigenvalue weighted by Crippen LogP contribution is 2.30. The largest absolute Gasteiger partial charge is 0.488 e. The summed E-state index contributed by atoms with van der Waals surface area (Å²) in [4.78, 5) is 12.2. The van der Waals surface area contributed by atoms with Crippen LogP contribution in [-0.4, -0.2) is 34.1 Å². The molecule has 0 aliphatic rings. The molecule has 12 heteroatoms. The minimum atomic E-state index is -4.68. The van der Waals surface area contributed by atoms with E-state index < -0.39 is 23.7 Å². The van der Waals surface area contributed by atoms with Crippen LogP contribution in [0, 0.1) is 5.82 Å². The van der Waals surface area contributed by atoms with Crippen LogP contribution in [0.15, 0.2) is 48.5 Å². The molecule has 1 aromatic heterocycles. The molecule has 0 radical (unpaired) electrons. The van der Waals surface area contributed by atoms with Gasteiger partial charge in [-0.2, -0.15) is 18.3 Å². The Labute approximate surface area is 184 Å². The van der Waals surface area contributed by atoms with Crippen LogP contribution in [0.3, 0.4) is 0 Å². The van der Waals surface area contributed by atoms with E-state index in [4.69, 9.17) is 21.4 Å². The Morgan fingerprint density at radius 3 is 2.62 bits per heavy atom. The van der Waals surface area contributed by atoms with Crippen molar-refractivity contribution in [3.8, 4) is 11.4 Å². The number of carbonyl (C=O) groups excluding carboxylic acids is 1. The number of alkyl halides is 3. The molecule has 7 nitrogen and oxygen atoms in total. The first-order valence-electron chi connectivity index (χ1n) is 9.17. The zero-order valence-electron chi connectivity index (χ0n) is 16.3. The number of aliphatic hydroxyl groups is 1. The maximum absolute atomic E-state index is 14.0. The highest BCUT2D eigenvalue weighted by atomic mass is 35.5. The first kappa shape index (κ1) is 23.4. The summed E-state index contributed by atoms with van der Waals surface area (Å²) in [5.74, 6) is -0.861. The molecule has 32 heavy (non-hydrogen) atoms. The normalized spacial score (nSPS) is 11.3. The molecule has 0 spiro atoms. The van der Waals surface area contributed by atoms with E-state index in [1.165, 1.54) is 24.3 Å². The maximum Gasteiger partial charge on any atom is 0.435 e. The van der Waals surface area contributed by atoms with Gasteiger partial charge in [0, 0.05) is 16.8 Å². The molecule has 0 saturated carbocycles. The molecule has 2 aromatic carbocycles. The van der Waals surface area contributed by atoms with E-state index in [0.29, 0.717) is 5.02 Å². The number of aliphatic hydroxyl groups excluding tert-OH is 1. The van der Waals surface area contributed by atoms with E-state index in [1.54, 1.807) is 12.1 Å². The number of hydrogen-bond acceptors (Lipinski definition) is 4. The molecule has 3 rings (SSSR count). The highest BCUT2D eigenvalue weighted by Gasteiger charge is 2.35.